The Morgan fingerprint density at radius 1 is 1.24 bits per heavy atom. The van der Waals surface area contributed by atoms with E-state index in [2.05, 4.69) is 17.0 Å². The van der Waals surface area contributed by atoms with Gasteiger partial charge >= 0.3 is 6.61 Å². The third kappa shape index (κ3) is 6.00. The van der Waals surface area contributed by atoms with E-state index in [-0.39, 0.29) is 5.75 Å². The molecule has 1 aromatic carbocycles. The van der Waals surface area contributed by atoms with E-state index in [4.69, 9.17) is 0 Å². The number of ether oxygens (including phenoxy) is 1. The molecule has 0 heterocycles. The molecule has 1 fully saturated rings. The molecule has 4 heteroatoms. The molecule has 118 valence electrons. The van der Waals surface area contributed by atoms with Crippen molar-refractivity contribution in [2.45, 2.75) is 58.1 Å². The maximum atomic E-state index is 12.0. The summed E-state index contributed by atoms with van der Waals surface area (Å²) < 4.78 is 28.4. The first-order valence-corrected chi connectivity index (χ1v) is 7.90. The summed E-state index contributed by atoms with van der Waals surface area (Å²) in [4.78, 5) is 0. The van der Waals surface area contributed by atoms with E-state index in [0.29, 0.717) is 6.04 Å². The van der Waals surface area contributed by atoms with E-state index in [0.717, 1.165) is 30.9 Å². The predicted octanol–water partition coefficient (Wildman–Crippen LogP) is 4.39. The lowest BCUT2D eigenvalue weighted by atomic mass is 9.83. The number of aryl methyl sites for hydroxylation is 1. The fourth-order valence-electron chi connectivity index (χ4n) is 2.64. The molecule has 1 atom stereocenters. The number of nitrogens with one attached hydrogen (secondary N) is 1. The highest BCUT2D eigenvalue weighted by Crippen LogP contribution is 2.28. The first-order valence-electron chi connectivity index (χ1n) is 7.90. The Morgan fingerprint density at radius 3 is 2.52 bits per heavy atom. The molecule has 2 nitrogen and oxygen atoms in total. The van der Waals surface area contributed by atoms with E-state index < -0.39 is 6.61 Å². The van der Waals surface area contributed by atoms with Gasteiger partial charge in [-0.25, -0.2) is 0 Å². The van der Waals surface area contributed by atoms with Crippen LogP contribution in [0.15, 0.2) is 24.3 Å². The standard InChI is InChI=1S/C17H25F2NO/c1-13(20-12-11-14-3-2-4-14)5-6-15-7-9-16(10-8-15)21-17(18)19/h7-10,13-14,17,20H,2-6,11-12H2,1H3. The SMILES string of the molecule is CC(CCc1ccc(OC(F)F)cc1)NCCC1CCC1. The van der Waals surface area contributed by atoms with Gasteiger partial charge in [-0.1, -0.05) is 31.4 Å². The van der Waals surface area contributed by atoms with Gasteiger partial charge in [0.15, 0.2) is 0 Å². The van der Waals surface area contributed by atoms with Gasteiger partial charge in [0.25, 0.3) is 0 Å². The van der Waals surface area contributed by atoms with Crippen LogP contribution in [0.5, 0.6) is 5.75 Å². The minimum Gasteiger partial charge on any atom is -0.435 e. The fourth-order valence-corrected chi connectivity index (χ4v) is 2.64. The van der Waals surface area contributed by atoms with Crippen LogP contribution in [0.1, 0.15) is 44.6 Å². The van der Waals surface area contributed by atoms with Gasteiger partial charge in [-0.3, -0.25) is 0 Å². The van der Waals surface area contributed by atoms with Crippen molar-refractivity contribution >= 4 is 0 Å². The Morgan fingerprint density at radius 2 is 1.95 bits per heavy atom. The first kappa shape index (κ1) is 16.2. The predicted molar refractivity (Wildman–Crippen MR) is 80.8 cm³/mol. The Labute approximate surface area is 125 Å². The molecule has 2 rings (SSSR count). The third-order valence-electron chi connectivity index (χ3n) is 4.28. The summed E-state index contributed by atoms with van der Waals surface area (Å²) in [7, 11) is 0. The molecular weight excluding hydrogens is 272 g/mol. The van der Waals surface area contributed by atoms with Crippen LogP contribution in [0.4, 0.5) is 8.78 Å². The van der Waals surface area contributed by atoms with Gasteiger partial charge in [-0.2, -0.15) is 8.78 Å². The Bertz CT molecular complexity index is 404. The molecule has 0 aromatic heterocycles. The Kier molecular flexibility index (Phi) is 6.43. The maximum absolute atomic E-state index is 12.0. The van der Waals surface area contributed by atoms with E-state index in [9.17, 15) is 8.78 Å². The maximum Gasteiger partial charge on any atom is 0.387 e. The van der Waals surface area contributed by atoms with Crippen molar-refractivity contribution in [2.24, 2.45) is 5.92 Å². The van der Waals surface area contributed by atoms with Crippen molar-refractivity contribution in [1.29, 1.82) is 0 Å². The van der Waals surface area contributed by atoms with Crippen LogP contribution in [-0.2, 0) is 6.42 Å². The molecule has 0 saturated heterocycles. The van der Waals surface area contributed by atoms with Crippen molar-refractivity contribution < 1.29 is 13.5 Å². The zero-order valence-electron chi connectivity index (χ0n) is 12.7. The van der Waals surface area contributed by atoms with E-state index in [1.165, 1.54) is 25.7 Å². The van der Waals surface area contributed by atoms with Gasteiger partial charge in [-0.15, -0.1) is 0 Å². The lowest BCUT2D eigenvalue weighted by molar-refractivity contribution is -0.0498. The highest BCUT2D eigenvalue weighted by atomic mass is 19.3. The zero-order valence-corrected chi connectivity index (χ0v) is 12.7. The summed E-state index contributed by atoms with van der Waals surface area (Å²) in [5.74, 6) is 1.17. The first-order chi connectivity index (χ1) is 10.1. The van der Waals surface area contributed by atoms with Crippen LogP contribution in [0.3, 0.4) is 0 Å². The lowest BCUT2D eigenvalue weighted by Gasteiger charge is -2.26. The lowest BCUT2D eigenvalue weighted by Crippen LogP contribution is -2.29. The van der Waals surface area contributed by atoms with Gasteiger partial charge in [-0.05, 0) is 56.3 Å². The van der Waals surface area contributed by atoms with Crippen LogP contribution in [0.2, 0.25) is 0 Å². The normalized spacial score (nSPS) is 16.8. The van der Waals surface area contributed by atoms with Gasteiger partial charge in [0, 0.05) is 6.04 Å². The molecule has 1 unspecified atom stereocenters. The van der Waals surface area contributed by atoms with Gasteiger partial charge in [0.2, 0.25) is 0 Å². The highest BCUT2D eigenvalue weighted by molar-refractivity contribution is 5.27. The van der Waals surface area contributed by atoms with E-state index in [1.54, 1.807) is 12.1 Å². The summed E-state index contributed by atoms with van der Waals surface area (Å²) in [6, 6.07) is 7.42. The molecule has 1 N–H and O–H groups in total. The third-order valence-corrected chi connectivity index (χ3v) is 4.28. The largest absolute Gasteiger partial charge is 0.435 e. The van der Waals surface area contributed by atoms with Crippen LogP contribution < -0.4 is 10.1 Å². The Balaban J connectivity index is 1.62. The molecule has 1 aliphatic rings. The molecule has 1 aromatic rings. The van der Waals surface area contributed by atoms with Gasteiger partial charge in [0.1, 0.15) is 5.75 Å². The number of alkyl halides is 2. The number of hydrogen-bond acceptors (Lipinski definition) is 2. The smallest absolute Gasteiger partial charge is 0.387 e. The second kappa shape index (κ2) is 8.32. The molecular formula is C17H25F2NO. The number of hydrogen-bond donors (Lipinski definition) is 1. The highest BCUT2D eigenvalue weighted by Gasteiger charge is 2.16. The van der Waals surface area contributed by atoms with E-state index in [1.807, 2.05) is 12.1 Å². The minimum absolute atomic E-state index is 0.223. The Hall–Kier alpha value is -1.16. The van der Waals surface area contributed by atoms with Crippen molar-refractivity contribution in [3.63, 3.8) is 0 Å². The molecule has 0 spiro atoms. The number of halogens is 2. The summed E-state index contributed by atoms with van der Waals surface area (Å²) >= 11 is 0. The van der Waals surface area contributed by atoms with E-state index >= 15 is 0 Å². The second-order valence-electron chi connectivity index (χ2n) is 6.00. The van der Waals surface area contributed by atoms with Crippen LogP contribution >= 0.6 is 0 Å². The van der Waals surface area contributed by atoms with Crippen LogP contribution in [0, 0.1) is 5.92 Å². The van der Waals surface area contributed by atoms with Crippen LogP contribution in [-0.4, -0.2) is 19.2 Å². The summed E-state index contributed by atoms with van der Waals surface area (Å²) in [5.41, 5.74) is 1.16. The second-order valence-corrected chi connectivity index (χ2v) is 6.00. The molecule has 0 bridgehead atoms. The number of rotatable bonds is 9. The summed E-state index contributed by atoms with van der Waals surface area (Å²) in [6.07, 6.45) is 7.52. The summed E-state index contributed by atoms with van der Waals surface area (Å²) in [5, 5.41) is 3.57. The number of benzene rings is 1. The average molecular weight is 297 g/mol. The monoisotopic (exact) mass is 297 g/mol. The fraction of sp³-hybridized carbons (Fsp3) is 0.647. The molecule has 0 radical (unpaired) electrons. The molecule has 21 heavy (non-hydrogen) atoms. The van der Waals surface area contributed by atoms with Crippen molar-refractivity contribution in [3.05, 3.63) is 29.8 Å². The topological polar surface area (TPSA) is 21.3 Å². The molecule has 0 aliphatic heterocycles. The van der Waals surface area contributed by atoms with Crippen LogP contribution in [0.25, 0.3) is 0 Å². The quantitative estimate of drug-likeness (QED) is 0.730. The summed E-state index contributed by atoms with van der Waals surface area (Å²) in [6.45, 7) is 0.554. The van der Waals surface area contributed by atoms with Gasteiger partial charge in [0.05, 0.1) is 0 Å². The van der Waals surface area contributed by atoms with Gasteiger partial charge < -0.3 is 10.1 Å². The minimum atomic E-state index is -2.75. The average Bonchev–Trinajstić information content (AvgIpc) is 2.40. The zero-order chi connectivity index (χ0) is 15.1. The van der Waals surface area contributed by atoms with Crippen molar-refractivity contribution in [1.82, 2.24) is 5.32 Å². The van der Waals surface area contributed by atoms with Crippen molar-refractivity contribution in [3.8, 4) is 5.75 Å². The molecule has 1 aliphatic carbocycles. The molecule has 0 amide bonds. The molecule has 1 saturated carbocycles. The van der Waals surface area contributed by atoms with Crippen molar-refractivity contribution in [2.75, 3.05) is 6.54 Å².